The third kappa shape index (κ3) is 2.71. The normalized spacial score (nSPS) is 12.3. The van der Waals surface area contributed by atoms with E-state index in [-0.39, 0.29) is 5.69 Å². The van der Waals surface area contributed by atoms with Gasteiger partial charge >= 0.3 is 5.97 Å². The van der Waals surface area contributed by atoms with Gasteiger partial charge in [-0.1, -0.05) is 12.1 Å². The fourth-order valence-electron chi connectivity index (χ4n) is 3.52. The van der Waals surface area contributed by atoms with E-state index in [0.29, 0.717) is 41.5 Å². The Kier molecular flexibility index (Phi) is 4.07. The Labute approximate surface area is 154 Å². The van der Waals surface area contributed by atoms with Gasteiger partial charge in [-0.2, -0.15) is 0 Å². The average Bonchev–Trinajstić information content (AvgIpc) is 3.07. The van der Waals surface area contributed by atoms with Crippen LogP contribution < -0.4 is 9.47 Å². The molecule has 1 aliphatic heterocycles. The van der Waals surface area contributed by atoms with Gasteiger partial charge in [0.25, 0.3) is 0 Å². The van der Waals surface area contributed by atoms with E-state index in [9.17, 15) is 14.3 Å². The molecule has 1 aromatic heterocycles. The first-order chi connectivity index (χ1) is 13.0. The standard InChI is InChI=1S/C20H17FN2O4/c1-26-15-9-11-6-7-23-18(12-4-3-5-13(21)8-12)17(20(24)25)22-19(23)14(11)10-16(15)27-2/h3-5,8-10H,6-7H2,1-2H3,(H,24,25). The zero-order valence-electron chi connectivity index (χ0n) is 14.8. The highest BCUT2D eigenvalue weighted by Gasteiger charge is 2.29. The Balaban J connectivity index is 1.98. The zero-order valence-corrected chi connectivity index (χ0v) is 14.8. The van der Waals surface area contributed by atoms with Crippen molar-refractivity contribution in [1.29, 1.82) is 0 Å². The van der Waals surface area contributed by atoms with Gasteiger partial charge in [-0.25, -0.2) is 14.2 Å². The smallest absolute Gasteiger partial charge is 0.356 e. The molecule has 0 saturated heterocycles. The summed E-state index contributed by atoms with van der Waals surface area (Å²) in [6, 6.07) is 9.57. The van der Waals surface area contributed by atoms with E-state index in [4.69, 9.17) is 9.47 Å². The second-order valence-electron chi connectivity index (χ2n) is 6.21. The number of imidazole rings is 1. The summed E-state index contributed by atoms with van der Waals surface area (Å²) in [7, 11) is 3.11. The molecule has 0 bridgehead atoms. The molecule has 27 heavy (non-hydrogen) atoms. The van der Waals surface area contributed by atoms with Gasteiger partial charge in [0.05, 0.1) is 19.9 Å². The lowest BCUT2D eigenvalue weighted by atomic mass is 9.99. The van der Waals surface area contributed by atoms with Crippen molar-refractivity contribution in [3.05, 3.63) is 53.5 Å². The highest BCUT2D eigenvalue weighted by molar-refractivity contribution is 5.94. The van der Waals surface area contributed by atoms with Crippen LogP contribution in [0.4, 0.5) is 4.39 Å². The fraction of sp³-hybridized carbons (Fsp3) is 0.200. The monoisotopic (exact) mass is 368 g/mol. The molecule has 6 nitrogen and oxygen atoms in total. The number of methoxy groups -OCH3 is 2. The summed E-state index contributed by atoms with van der Waals surface area (Å²) in [5.41, 5.74) is 2.56. The van der Waals surface area contributed by atoms with Crippen LogP contribution in [0.25, 0.3) is 22.6 Å². The first-order valence-electron chi connectivity index (χ1n) is 8.38. The Bertz CT molecular complexity index is 1060. The number of carbonyl (C=O) groups is 1. The Morgan fingerprint density at radius 3 is 2.59 bits per heavy atom. The van der Waals surface area contributed by atoms with Crippen LogP contribution >= 0.6 is 0 Å². The van der Waals surface area contributed by atoms with Gasteiger partial charge in [0.15, 0.2) is 17.2 Å². The lowest BCUT2D eigenvalue weighted by Gasteiger charge is -2.22. The number of halogens is 1. The molecule has 1 N–H and O–H groups in total. The number of rotatable bonds is 4. The van der Waals surface area contributed by atoms with E-state index >= 15 is 0 Å². The third-order valence-corrected chi connectivity index (χ3v) is 4.72. The van der Waals surface area contributed by atoms with Crippen LogP contribution in [0.15, 0.2) is 36.4 Å². The Morgan fingerprint density at radius 2 is 1.93 bits per heavy atom. The third-order valence-electron chi connectivity index (χ3n) is 4.72. The van der Waals surface area contributed by atoms with Gasteiger partial charge in [-0.3, -0.25) is 0 Å². The maximum Gasteiger partial charge on any atom is 0.356 e. The van der Waals surface area contributed by atoms with Crippen LogP contribution in [0, 0.1) is 5.82 Å². The number of aryl methyl sites for hydroxylation is 1. The molecule has 2 aromatic carbocycles. The predicted molar refractivity (Wildman–Crippen MR) is 96.8 cm³/mol. The maximum absolute atomic E-state index is 13.7. The minimum Gasteiger partial charge on any atom is -0.493 e. The number of carboxylic acid groups (broad SMARTS) is 1. The molecule has 0 atom stereocenters. The Hall–Kier alpha value is -3.35. The molecule has 1 aliphatic rings. The van der Waals surface area contributed by atoms with Crippen LogP contribution in [-0.4, -0.2) is 34.8 Å². The summed E-state index contributed by atoms with van der Waals surface area (Å²) in [5.74, 6) is 0.0889. The van der Waals surface area contributed by atoms with Crippen molar-refractivity contribution < 1.29 is 23.8 Å². The first kappa shape index (κ1) is 17.1. The van der Waals surface area contributed by atoms with Crippen molar-refractivity contribution in [1.82, 2.24) is 9.55 Å². The second-order valence-corrected chi connectivity index (χ2v) is 6.21. The summed E-state index contributed by atoms with van der Waals surface area (Å²) >= 11 is 0. The molecular weight excluding hydrogens is 351 g/mol. The van der Waals surface area contributed by atoms with E-state index in [2.05, 4.69) is 4.98 Å². The molecule has 138 valence electrons. The van der Waals surface area contributed by atoms with Gasteiger partial charge in [0, 0.05) is 17.7 Å². The molecule has 4 rings (SSSR count). The van der Waals surface area contributed by atoms with E-state index in [1.165, 1.54) is 12.1 Å². The van der Waals surface area contributed by atoms with Crippen molar-refractivity contribution in [2.24, 2.45) is 0 Å². The number of aromatic nitrogens is 2. The van der Waals surface area contributed by atoms with Crippen molar-refractivity contribution in [3.8, 4) is 34.1 Å². The van der Waals surface area contributed by atoms with Gasteiger partial charge in [-0.05, 0) is 36.2 Å². The fourth-order valence-corrected chi connectivity index (χ4v) is 3.52. The highest BCUT2D eigenvalue weighted by atomic mass is 19.1. The number of benzene rings is 2. The molecule has 7 heteroatoms. The van der Waals surface area contributed by atoms with Gasteiger partial charge < -0.3 is 19.1 Å². The van der Waals surface area contributed by atoms with Crippen molar-refractivity contribution in [2.45, 2.75) is 13.0 Å². The number of carboxylic acids is 1. The Morgan fingerprint density at radius 1 is 1.19 bits per heavy atom. The molecule has 0 amide bonds. The van der Waals surface area contributed by atoms with E-state index in [1.54, 1.807) is 32.4 Å². The molecule has 0 saturated carbocycles. The number of hydrogen-bond acceptors (Lipinski definition) is 4. The number of aromatic carboxylic acids is 1. The maximum atomic E-state index is 13.7. The number of ether oxygens (including phenoxy) is 2. The van der Waals surface area contributed by atoms with Crippen LogP contribution in [-0.2, 0) is 13.0 Å². The first-order valence-corrected chi connectivity index (χ1v) is 8.38. The van der Waals surface area contributed by atoms with Gasteiger partial charge in [-0.15, -0.1) is 0 Å². The highest BCUT2D eigenvalue weighted by Crippen LogP contribution is 2.40. The second kappa shape index (κ2) is 6.42. The van der Waals surface area contributed by atoms with Crippen molar-refractivity contribution in [3.63, 3.8) is 0 Å². The molecule has 3 aromatic rings. The topological polar surface area (TPSA) is 73.6 Å². The molecule has 0 aliphatic carbocycles. The largest absolute Gasteiger partial charge is 0.493 e. The summed E-state index contributed by atoms with van der Waals surface area (Å²) in [5, 5.41) is 9.66. The summed E-state index contributed by atoms with van der Waals surface area (Å²) in [4.78, 5) is 16.2. The lowest BCUT2D eigenvalue weighted by molar-refractivity contribution is 0.0692. The summed E-state index contributed by atoms with van der Waals surface area (Å²) in [6.07, 6.45) is 0.667. The molecule has 0 fully saturated rings. The van der Waals surface area contributed by atoms with Crippen LogP contribution in [0.1, 0.15) is 16.1 Å². The van der Waals surface area contributed by atoms with E-state index in [0.717, 1.165) is 11.1 Å². The van der Waals surface area contributed by atoms with Crippen molar-refractivity contribution in [2.75, 3.05) is 14.2 Å². The number of fused-ring (bicyclic) bond motifs is 3. The average molecular weight is 368 g/mol. The predicted octanol–water partition coefficient (Wildman–Crippen LogP) is 3.63. The quantitative estimate of drug-likeness (QED) is 0.761. The minimum absolute atomic E-state index is 0.0989. The molecule has 0 unspecified atom stereocenters. The zero-order chi connectivity index (χ0) is 19.1. The molecule has 2 heterocycles. The van der Waals surface area contributed by atoms with Gasteiger partial charge in [0.2, 0.25) is 0 Å². The number of nitrogens with zero attached hydrogens (tertiary/aromatic N) is 2. The molecule has 0 spiro atoms. The van der Waals surface area contributed by atoms with E-state index < -0.39 is 11.8 Å². The van der Waals surface area contributed by atoms with E-state index in [1.807, 2.05) is 10.6 Å². The molecular formula is C20H17FN2O4. The van der Waals surface area contributed by atoms with Crippen LogP contribution in [0.2, 0.25) is 0 Å². The SMILES string of the molecule is COc1cc2c(cc1OC)-c1nc(C(=O)O)c(-c3cccc(F)c3)n1CC2. The molecule has 0 radical (unpaired) electrons. The van der Waals surface area contributed by atoms with Crippen molar-refractivity contribution >= 4 is 5.97 Å². The lowest BCUT2D eigenvalue weighted by Crippen LogP contribution is -2.13. The van der Waals surface area contributed by atoms with Crippen LogP contribution in [0.5, 0.6) is 11.5 Å². The minimum atomic E-state index is -1.15. The van der Waals surface area contributed by atoms with Crippen LogP contribution in [0.3, 0.4) is 0 Å². The number of hydrogen-bond donors (Lipinski definition) is 1. The summed E-state index contributed by atoms with van der Waals surface area (Å²) < 4.78 is 26.3. The van der Waals surface area contributed by atoms with Gasteiger partial charge in [0.1, 0.15) is 11.6 Å². The summed E-state index contributed by atoms with van der Waals surface area (Å²) in [6.45, 7) is 0.532.